The molecular formula is C20H21N3O6. The first-order valence-electron chi connectivity index (χ1n) is 9.70. The molecule has 2 aliphatic heterocycles. The van der Waals surface area contributed by atoms with Crippen LogP contribution in [0.4, 0.5) is 5.69 Å². The van der Waals surface area contributed by atoms with E-state index in [1.54, 1.807) is 18.2 Å². The van der Waals surface area contributed by atoms with Gasteiger partial charge in [0.25, 0.3) is 11.8 Å². The smallest absolute Gasteiger partial charge is 0.306 e. The number of nitrogens with zero attached hydrogens (tertiary/aromatic N) is 1. The van der Waals surface area contributed by atoms with E-state index < -0.39 is 35.6 Å². The molecule has 1 atom stereocenters. The predicted molar refractivity (Wildman–Crippen MR) is 100 cm³/mol. The van der Waals surface area contributed by atoms with Crippen molar-refractivity contribution in [3.05, 3.63) is 29.3 Å². The summed E-state index contributed by atoms with van der Waals surface area (Å²) in [6.45, 7) is 0. The minimum absolute atomic E-state index is 0.00431. The predicted octanol–water partition coefficient (Wildman–Crippen LogP) is 1.14. The maximum Gasteiger partial charge on any atom is 0.306 e. The number of carbonyl (C=O) groups is 5. The van der Waals surface area contributed by atoms with Gasteiger partial charge in [0.15, 0.2) is 0 Å². The van der Waals surface area contributed by atoms with Gasteiger partial charge in [0.05, 0.1) is 17.0 Å². The van der Waals surface area contributed by atoms with Crippen LogP contribution < -0.4 is 10.6 Å². The third kappa shape index (κ3) is 3.37. The van der Waals surface area contributed by atoms with Gasteiger partial charge in [-0.2, -0.15) is 0 Å². The second-order valence-electron chi connectivity index (χ2n) is 7.71. The number of aliphatic carboxylic acids is 1. The highest BCUT2D eigenvalue weighted by Gasteiger charge is 2.45. The minimum Gasteiger partial charge on any atom is -0.481 e. The van der Waals surface area contributed by atoms with E-state index >= 15 is 0 Å². The minimum atomic E-state index is -1.00. The third-order valence-electron chi connectivity index (χ3n) is 5.90. The summed E-state index contributed by atoms with van der Waals surface area (Å²) in [5.74, 6) is -3.29. The Labute approximate surface area is 166 Å². The zero-order chi connectivity index (χ0) is 20.7. The lowest BCUT2D eigenvalue weighted by atomic mass is 9.86. The van der Waals surface area contributed by atoms with Crippen molar-refractivity contribution in [2.24, 2.45) is 5.92 Å². The van der Waals surface area contributed by atoms with E-state index in [1.807, 2.05) is 0 Å². The van der Waals surface area contributed by atoms with Crippen molar-refractivity contribution in [1.82, 2.24) is 10.2 Å². The summed E-state index contributed by atoms with van der Waals surface area (Å²) in [5.41, 5.74) is 0.959. The number of benzene rings is 1. The van der Waals surface area contributed by atoms with Crippen LogP contribution in [0.3, 0.4) is 0 Å². The lowest BCUT2D eigenvalue weighted by Crippen LogP contribution is -2.54. The average Bonchev–Trinajstić information content (AvgIpc) is 2.94. The van der Waals surface area contributed by atoms with Gasteiger partial charge in [0.2, 0.25) is 11.8 Å². The number of hydrogen-bond acceptors (Lipinski definition) is 6. The molecule has 2 fully saturated rings. The zero-order valence-corrected chi connectivity index (χ0v) is 15.6. The van der Waals surface area contributed by atoms with Crippen LogP contribution in [0.25, 0.3) is 0 Å². The first kappa shape index (κ1) is 19.1. The molecule has 1 aromatic rings. The van der Waals surface area contributed by atoms with E-state index in [0.717, 1.165) is 4.90 Å². The summed E-state index contributed by atoms with van der Waals surface area (Å²) in [4.78, 5) is 61.5. The van der Waals surface area contributed by atoms with Gasteiger partial charge in [-0.15, -0.1) is 0 Å². The highest BCUT2D eigenvalue weighted by Crippen LogP contribution is 2.34. The van der Waals surface area contributed by atoms with Gasteiger partial charge in [0.1, 0.15) is 6.04 Å². The van der Waals surface area contributed by atoms with Gasteiger partial charge in [-0.3, -0.25) is 34.2 Å². The quantitative estimate of drug-likeness (QED) is 0.647. The molecule has 2 heterocycles. The third-order valence-corrected chi connectivity index (χ3v) is 5.90. The van der Waals surface area contributed by atoms with Crippen LogP contribution in [-0.4, -0.2) is 51.7 Å². The van der Waals surface area contributed by atoms with E-state index in [9.17, 15) is 24.0 Å². The SMILES string of the molecule is O=C1CCC(N2C(=O)c3cccc(N[C@H]4CC[C@H](C(=O)O)CC4)c3C2=O)C(=O)N1. The van der Waals surface area contributed by atoms with Gasteiger partial charge in [0, 0.05) is 18.2 Å². The van der Waals surface area contributed by atoms with E-state index in [4.69, 9.17) is 5.11 Å². The fourth-order valence-corrected chi connectivity index (χ4v) is 4.34. The van der Waals surface area contributed by atoms with Gasteiger partial charge in [-0.25, -0.2) is 0 Å². The van der Waals surface area contributed by atoms with E-state index in [1.165, 1.54) is 0 Å². The molecule has 0 bridgehead atoms. The summed E-state index contributed by atoms with van der Waals surface area (Å²) in [7, 11) is 0. The molecule has 152 valence electrons. The second kappa shape index (κ2) is 7.31. The first-order valence-corrected chi connectivity index (χ1v) is 9.70. The van der Waals surface area contributed by atoms with Crippen molar-refractivity contribution in [2.75, 3.05) is 5.32 Å². The molecule has 4 amide bonds. The molecule has 1 saturated carbocycles. The van der Waals surface area contributed by atoms with Crippen LogP contribution >= 0.6 is 0 Å². The zero-order valence-electron chi connectivity index (χ0n) is 15.6. The number of nitrogens with one attached hydrogen (secondary N) is 2. The molecule has 4 rings (SSSR count). The van der Waals surface area contributed by atoms with Crippen molar-refractivity contribution in [3.63, 3.8) is 0 Å². The van der Waals surface area contributed by atoms with Gasteiger partial charge >= 0.3 is 5.97 Å². The first-order chi connectivity index (χ1) is 13.9. The van der Waals surface area contributed by atoms with Crippen LogP contribution in [0.2, 0.25) is 0 Å². The van der Waals surface area contributed by atoms with Gasteiger partial charge in [-0.05, 0) is 44.2 Å². The highest BCUT2D eigenvalue weighted by atomic mass is 16.4. The Hall–Kier alpha value is -3.23. The van der Waals surface area contributed by atoms with Gasteiger partial charge < -0.3 is 10.4 Å². The number of imide groups is 2. The van der Waals surface area contributed by atoms with Crippen LogP contribution in [0.5, 0.6) is 0 Å². The standard InChI is InChI=1S/C20H21N3O6/c24-15-9-8-14(17(25)22-15)23-18(26)12-2-1-3-13(16(12)19(23)27)21-11-6-4-10(5-7-11)20(28)29/h1-3,10-11,14,21H,4-9H2,(H,28,29)(H,22,24,25)/t10-,11-,14?. The molecule has 1 aliphatic carbocycles. The summed E-state index contributed by atoms with van der Waals surface area (Å²) < 4.78 is 0. The van der Waals surface area contributed by atoms with E-state index in [-0.39, 0.29) is 35.9 Å². The Morgan fingerprint density at radius 1 is 1.03 bits per heavy atom. The molecule has 9 heteroatoms. The molecule has 0 radical (unpaired) electrons. The van der Waals surface area contributed by atoms with Crippen molar-refractivity contribution in [1.29, 1.82) is 0 Å². The number of anilines is 1. The number of carbonyl (C=O) groups excluding carboxylic acids is 4. The molecular weight excluding hydrogens is 378 g/mol. The molecule has 9 nitrogen and oxygen atoms in total. The number of fused-ring (bicyclic) bond motifs is 1. The normalized spacial score (nSPS) is 26.9. The van der Waals surface area contributed by atoms with E-state index in [2.05, 4.69) is 10.6 Å². The average molecular weight is 399 g/mol. The monoisotopic (exact) mass is 399 g/mol. The number of rotatable bonds is 4. The number of hydrogen-bond donors (Lipinski definition) is 3. The number of carboxylic acid groups (broad SMARTS) is 1. The van der Waals surface area contributed by atoms with Crippen LogP contribution in [0, 0.1) is 5.92 Å². The summed E-state index contributed by atoms with van der Waals surface area (Å²) >= 11 is 0. The maximum absolute atomic E-state index is 13.1. The summed E-state index contributed by atoms with van der Waals surface area (Å²) in [5, 5.41) is 14.6. The van der Waals surface area contributed by atoms with Crippen molar-refractivity contribution < 1.29 is 29.1 Å². The Balaban J connectivity index is 1.55. The Morgan fingerprint density at radius 3 is 2.41 bits per heavy atom. The Bertz CT molecular complexity index is 919. The second-order valence-corrected chi connectivity index (χ2v) is 7.71. The van der Waals surface area contributed by atoms with Crippen LogP contribution in [-0.2, 0) is 14.4 Å². The molecule has 3 aliphatic rings. The number of carboxylic acids is 1. The van der Waals surface area contributed by atoms with E-state index in [0.29, 0.717) is 31.4 Å². The largest absolute Gasteiger partial charge is 0.481 e. The Morgan fingerprint density at radius 2 is 1.76 bits per heavy atom. The molecule has 3 N–H and O–H groups in total. The Kier molecular flexibility index (Phi) is 4.81. The molecule has 29 heavy (non-hydrogen) atoms. The number of amides is 4. The van der Waals surface area contributed by atoms with Crippen molar-refractivity contribution >= 4 is 35.3 Å². The molecule has 1 unspecified atom stereocenters. The fourth-order valence-electron chi connectivity index (χ4n) is 4.34. The summed E-state index contributed by atoms with van der Waals surface area (Å²) in [6, 6.07) is 3.93. The molecule has 0 spiro atoms. The topological polar surface area (TPSA) is 133 Å². The summed E-state index contributed by atoms with van der Waals surface area (Å²) in [6.07, 6.45) is 2.59. The van der Waals surface area contributed by atoms with Crippen molar-refractivity contribution in [3.8, 4) is 0 Å². The van der Waals surface area contributed by atoms with Gasteiger partial charge in [-0.1, -0.05) is 6.07 Å². The maximum atomic E-state index is 13.1. The van der Waals surface area contributed by atoms with Crippen LogP contribution in [0.15, 0.2) is 18.2 Å². The molecule has 1 aromatic carbocycles. The molecule has 1 saturated heterocycles. The lowest BCUT2D eigenvalue weighted by molar-refractivity contribution is -0.143. The number of piperidine rings is 1. The highest BCUT2D eigenvalue weighted by molar-refractivity contribution is 6.25. The lowest BCUT2D eigenvalue weighted by Gasteiger charge is -2.29. The fraction of sp³-hybridized carbons (Fsp3) is 0.450. The van der Waals surface area contributed by atoms with Crippen molar-refractivity contribution in [2.45, 2.75) is 50.6 Å². The molecule has 0 aromatic heterocycles. The van der Waals surface area contributed by atoms with Crippen LogP contribution in [0.1, 0.15) is 59.2 Å².